The number of nitrogens with zero attached hydrogens (tertiary/aromatic N) is 1. The van der Waals surface area contributed by atoms with E-state index in [2.05, 4.69) is 5.32 Å². The Morgan fingerprint density at radius 2 is 2.11 bits per heavy atom. The van der Waals surface area contributed by atoms with Crippen LogP contribution in [-0.4, -0.2) is 42.1 Å². The highest BCUT2D eigenvalue weighted by atomic mass is 16.6. The van der Waals surface area contributed by atoms with E-state index in [1.807, 2.05) is 20.8 Å². The van der Waals surface area contributed by atoms with Gasteiger partial charge in [-0.3, -0.25) is 4.79 Å². The minimum absolute atomic E-state index is 0.0555. The van der Waals surface area contributed by atoms with E-state index in [-0.39, 0.29) is 17.9 Å². The van der Waals surface area contributed by atoms with E-state index in [1.54, 1.807) is 4.90 Å². The summed E-state index contributed by atoms with van der Waals surface area (Å²) in [5.74, 6) is 0.456. The number of carbonyl (C=O) groups is 2. The molecule has 2 fully saturated rings. The van der Waals surface area contributed by atoms with Gasteiger partial charge in [-0.15, -0.1) is 0 Å². The van der Waals surface area contributed by atoms with Gasteiger partial charge < -0.3 is 15.0 Å². The van der Waals surface area contributed by atoms with E-state index in [4.69, 9.17) is 4.74 Å². The molecule has 5 heteroatoms. The lowest BCUT2D eigenvalue weighted by Gasteiger charge is -2.40. The first kappa shape index (κ1) is 13.2. The lowest BCUT2D eigenvalue weighted by Crippen LogP contribution is -2.53. The number of amides is 2. The zero-order valence-corrected chi connectivity index (χ0v) is 11.4. The minimum atomic E-state index is -0.483. The SMILES string of the molecule is CC(C)(C)OC(=O)N1CC[C@H]2CCNC(=O)[C@@H]2C1. The zero-order chi connectivity index (χ0) is 13.3. The Labute approximate surface area is 108 Å². The van der Waals surface area contributed by atoms with Gasteiger partial charge in [-0.25, -0.2) is 4.79 Å². The Hall–Kier alpha value is -1.26. The smallest absolute Gasteiger partial charge is 0.410 e. The van der Waals surface area contributed by atoms with Crippen LogP contribution in [0.15, 0.2) is 0 Å². The summed E-state index contributed by atoms with van der Waals surface area (Å²) in [5.41, 5.74) is -0.483. The first-order chi connectivity index (χ1) is 8.37. The molecule has 0 unspecified atom stereocenters. The van der Waals surface area contributed by atoms with Gasteiger partial charge >= 0.3 is 6.09 Å². The Morgan fingerprint density at radius 3 is 2.78 bits per heavy atom. The second-order valence-corrected chi connectivity index (χ2v) is 6.16. The summed E-state index contributed by atoms with van der Waals surface area (Å²) in [6.45, 7) is 7.52. The van der Waals surface area contributed by atoms with Crippen molar-refractivity contribution < 1.29 is 14.3 Å². The fourth-order valence-corrected chi connectivity index (χ4v) is 2.65. The second-order valence-electron chi connectivity index (χ2n) is 6.16. The molecule has 0 aromatic heterocycles. The van der Waals surface area contributed by atoms with Crippen LogP contribution < -0.4 is 5.32 Å². The molecule has 0 spiro atoms. The molecule has 1 N–H and O–H groups in total. The molecule has 102 valence electrons. The molecule has 0 aliphatic carbocycles. The van der Waals surface area contributed by atoms with Crippen molar-refractivity contribution in [3.05, 3.63) is 0 Å². The number of hydrogen-bond acceptors (Lipinski definition) is 3. The molecule has 0 saturated carbocycles. The quantitative estimate of drug-likeness (QED) is 0.710. The van der Waals surface area contributed by atoms with Crippen LogP contribution >= 0.6 is 0 Å². The molecule has 0 aromatic carbocycles. The van der Waals surface area contributed by atoms with Crippen LogP contribution in [0.1, 0.15) is 33.6 Å². The molecule has 18 heavy (non-hydrogen) atoms. The van der Waals surface area contributed by atoms with Gasteiger partial charge in [-0.1, -0.05) is 0 Å². The van der Waals surface area contributed by atoms with Gasteiger partial charge in [-0.2, -0.15) is 0 Å². The van der Waals surface area contributed by atoms with E-state index in [9.17, 15) is 9.59 Å². The van der Waals surface area contributed by atoms with E-state index in [0.29, 0.717) is 19.0 Å². The summed E-state index contributed by atoms with van der Waals surface area (Å²) in [6.07, 6.45) is 1.62. The van der Waals surface area contributed by atoms with Crippen molar-refractivity contribution in [3.63, 3.8) is 0 Å². The molecular weight excluding hydrogens is 232 g/mol. The van der Waals surface area contributed by atoms with Gasteiger partial charge in [0.25, 0.3) is 0 Å². The number of carbonyl (C=O) groups excluding carboxylic acids is 2. The highest BCUT2D eigenvalue weighted by Gasteiger charge is 2.39. The number of fused-ring (bicyclic) bond motifs is 1. The topological polar surface area (TPSA) is 58.6 Å². The predicted molar refractivity (Wildman–Crippen MR) is 67.0 cm³/mol. The van der Waals surface area contributed by atoms with Crippen molar-refractivity contribution in [3.8, 4) is 0 Å². The van der Waals surface area contributed by atoms with Crippen LogP contribution in [0.25, 0.3) is 0 Å². The molecule has 0 radical (unpaired) electrons. The molecule has 2 rings (SSSR count). The van der Waals surface area contributed by atoms with Gasteiger partial charge in [0.05, 0.1) is 5.92 Å². The van der Waals surface area contributed by atoms with Crippen LogP contribution in [0.4, 0.5) is 4.79 Å². The van der Waals surface area contributed by atoms with Gasteiger partial charge in [-0.05, 0) is 39.5 Å². The Morgan fingerprint density at radius 1 is 1.39 bits per heavy atom. The van der Waals surface area contributed by atoms with Crippen LogP contribution in [-0.2, 0) is 9.53 Å². The maximum atomic E-state index is 12.0. The Kier molecular flexibility index (Phi) is 3.50. The average molecular weight is 254 g/mol. The molecule has 2 amide bonds. The number of likely N-dealkylation sites (tertiary alicyclic amines) is 1. The third-order valence-corrected chi connectivity index (χ3v) is 3.56. The van der Waals surface area contributed by atoms with Crippen LogP contribution in [0.2, 0.25) is 0 Å². The molecular formula is C13H22N2O3. The Bertz CT molecular complexity index is 349. The molecule has 2 aliphatic rings. The van der Waals surface area contributed by atoms with Gasteiger partial charge in [0.2, 0.25) is 5.91 Å². The fourth-order valence-electron chi connectivity index (χ4n) is 2.65. The summed E-state index contributed by atoms with van der Waals surface area (Å²) >= 11 is 0. The Balaban J connectivity index is 1.96. The minimum Gasteiger partial charge on any atom is -0.444 e. The fraction of sp³-hybridized carbons (Fsp3) is 0.846. The first-order valence-electron chi connectivity index (χ1n) is 6.62. The van der Waals surface area contributed by atoms with Crippen molar-refractivity contribution in [1.82, 2.24) is 10.2 Å². The monoisotopic (exact) mass is 254 g/mol. The summed E-state index contributed by atoms with van der Waals surface area (Å²) in [4.78, 5) is 25.4. The number of nitrogens with one attached hydrogen (secondary N) is 1. The highest BCUT2D eigenvalue weighted by molar-refractivity contribution is 5.81. The zero-order valence-electron chi connectivity index (χ0n) is 11.4. The number of ether oxygens (including phenoxy) is 1. The molecule has 2 atom stereocenters. The van der Waals surface area contributed by atoms with E-state index in [0.717, 1.165) is 19.4 Å². The van der Waals surface area contributed by atoms with Gasteiger partial charge in [0, 0.05) is 19.6 Å². The highest BCUT2D eigenvalue weighted by Crippen LogP contribution is 2.29. The van der Waals surface area contributed by atoms with E-state index < -0.39 is 5.60 Å². The van der Waals surface area contributed by atoms with Crippen LogP contribution in [0, 0.1) is 11.8 Å². The van der Waals surface area contributed by atoms with Crippen molar-refractivity contribution in [1.29, 1.82) is 0 Å². The third kappa shape index (κ3) is 2.94. The number of rotatable bonds is 0. The molecule has 0 aromatic rings. The number of hydrogen-bond donors (Lipinski definition) is 1. The summed E-state index contributed by atoms with van der Waals surface area (Å²) in [6, 6.07) is 0. The summed E-state index contributed by atoms with van der Waals surface area (Å²) < 4.78 is 5.35. The van der Waals surface area contributed by atoms with Crippen LogP contribution in [0.3, 0.4) is 0 Å². The van der Waals surface area contributed by atoms with E-state index >= 15 is 0 Å². The van der Waals surface area contributed by atoms with E-state index in [1.165, 1.54) is 0 Å². The molecule has 5 nitrogen and oxygen atoms in total. The average Bonchev–Trinajstić information content (AvgIpc) is 2.27. The largest absolute Gasteiger partial charge is 0.444 e. The summed E-state index contributed by atoms with van der Waals surface area (Å²) in [7, 11) is 0. The van der Waals surface area contributed by atoms with Crippen molar-refractivity contribution in [2.24, 2.45) is 11.8 Å². The first-order valence-corrected chi connectivity index (χ1v) is 6.62. The number of piperidine rings is 2. The third-order valence-electron chi connectivity index (χ3n) is 3.56. The molecule has 2 heterocycles. The molecule has 0 bridgehead atoms. The molecule has 2 saturated heterocycles. The van der Waals surface area contributed by atoms with Crippen molar-refractivity contribution >= 4 is 12.0 Å². The maximum absolute atomic E-state index is 12.0. The second kappa shape index (κ2) is 4.78. The van der Waals surface area contributed by atoms with Crippen molar-refractivity contribution in [2.75, 3.05) is 19.6 Å². The lowest BCUT2D eigenvalue weighted by atomic mass is 9.80. The predicted octanol–water partition coefficient (Wildman–Crippen LogP) is 1.38. The van der Waals surface area contributed by atoms with Gasteiger partial charge in [0.15, 0.2) is 0 Å². The van der Waals surface area contributed by atoms with Crippen LogP contribution in [0.5, 0.6) is 0 Å². The van der Waals surface area contributed by atoms with Crippen molar-refractivity contribution in [2.45, 2.75) is 39.2 Å². The molecule has 2 aliphatic heterocycles. The maximum Gasteiger partial charge on any atom is 0.410 e. The lowest BCUT2D eigenvalue weighted by molar-refractivity contribution is -0.131. The standard InChI is InChI=1S/C13H22N2O3/c1-13(2,3)18-12(17)15-7-5-9-4-6-14-11(16)10(9)8-15/h9-10H,4-8H2,1-3H3,(H,14,16)/t9-,10-/m1/s1. The van der Waals surface area contributed by atoms with Gasteiger partial charge in [0.1, 0.15) is 5.60 Å². The summed E-state index contributed by atoms with van der Waals surface area (Å²) in [5, 5.41) is 2.87. The normalized spacial score (nSPS) is 28.4.